The fraction of sp³-hybridized carbons (Fsp3) is 0.0769. The topological polar surface area (TPSA) is 63.9 Å². The summed E-state index contributed by atoms with van der Waals surface area (Å²) in [7, 11) is 1.63. The Hall–Kier alpha value is -2.56. The van der Waals surface area contributed by atoms with Gasteiger partial charge in [-0.25, -0.2) is 0 Å². The molecule has 0 atom stereocenters. The summed E-state index contributed by atoms with van der Waals surface area (Å²) in [6.07, 6.45) is 1.81. The van der Waals surface area contributed by atoms with Gasteiger partial charge in [0.15, 0.2) is 0 Å². The standard InChI is InChI=1S/C13H11N3O2/c1-17-10-6-4-9(5-7-10)12-15-13(18-16-12)11-3-2-8-14-11/h2-8,14H,1H3. The summed E-state index contributed by atoms with van der Waals surface area (Å²) >= 11 is 0. The molecule has 0 unspecified atom stereocenters. The molecule has 0 bridgehead atoms. The highest BCUT2D eigenvalue weighted by atomic mass is 16.5. The molecule has 2 heterocycles. The molecule has 0 aliphatic carbocycles. The van der Waals surface area contributed by atoms with E-state index in [1.165, 1.54) is 0 Å². The summed E-state index contributed by atoms with van der Waals surface area (Å²) in [6, 6.07) is 11.3. The third-order valence-electron chi connectivity index (χ3n) is 2.60. The second kappa shape index (κ2) is 4.37. The molecular weight excluding hydrogens is 230 g/mol. The summed E-state index contributed by atoms with van der Waals surface area (Å²) in [4.78, 5) is 7.35. The van der Waals surface area contributed by atoms with E-state index in [2.05, 4.69) is 15.1 Å². The maximum atomic E-state index is 5.20. The van der Waals surface area contributed by atoms with Gasteiger partial charge in [0.05, 0.1) is 7.11 Å². The molecular formula is C13H11N3O2. The molecule has 0 fully saturated rings. The van der Waals surface area contributed by atoms with Gasteiger partial charge >= 0.3 is 0 Å². The number of hydrogen-bond acceptors (Lipinski definition) is 4. The predicted octanol–water partition coefficient (Wildman–Crippen LogP) is 2.74. The molecule has 0 amide bonds. The fourth-order valence-corrected chi connectivity index (χ4v) is 1.65. The van der Waals surface area contributed by atoms with Crippen LogP contribution < -0.4 is 4.74 Å². The van der Waals surface area contributed by atoms with Crippen molar-refractivity contribution < 1.29 is 9.26 Å². The monoisotopic (exact) mass is 241 g/mol. The molecule has 0 saturated carbocycles. The summed E-state index contributed by atoms with van der Waals surface area (Å²) < 4.78 is 10.3. The van der Waals surface area contributed by atoms with Crippen molar-refractivity contribution in [2.24, 2.45) is 0 Å². The van der Waals surface area contributed by atoms with Gasteiger partial charge in [-0.05, 0) is 36.4 Å². The normalized spacial score (nSPS) is 10.5. The highest BCUT2D eigenvalue weighted by Gasteiger charge is 2.10. The number of methoxy groups -OCH3 is 1. The minimum absolute atomic E-state index is 0.478. The van der Waals surface area contributed by atoms with Gasteiger partial charge < -0.3 is 14.2 Å². The van der Waals surface area contributed by atoms with Gasteiger partial charge in [0.1, 0.15) is 11.4 Å². The molecule has 5 nitrogen and oxygen atoms in total. The molecule has 0 radical (unpaired) electrons. The quantitative estimate of drug-likeness (QED) is 0.765. The average Bonchev–Trinajstić information content (AvgIpc) is 3.09. The molecule has 0 aliphatic heterocycles. The lowest BCUT2D eigenvalue weighted by molar-refractivity contribution is 0.414. The predicted molar refractivity (Wildman–Crippen MR) is 66.1 cm³/mol. The summed E-state index contributed by atoms with van der Waals surface area (Å²) in [5, 5.41) is 3.95. The lowest BCUT2D eigenvalue weighted by atomic mass is 10.2. The van der Waals surface area contributed by atoms with Crippen LogP contribution in [-0.4, -0.2) is 22.2 Å². The van der Waals surface area contributed by atoms with Crippen molar-refractivity contribution in [2.45, 2.75) is 0 Å². The number of rotatable bonds is 3. The summed E-state index contributed by atoms with van der Waals surface area (Å²) in [5.41, 5.74) is 1.69. The zero-order chi connectivity index (χ0) is 12.4. The molecule has 3 rings (SSSR count). The average molecular weight is 241 g/mol. The van der Waals surface area contributed by atoms with Crippen LogP contribution in [0.4, 0.5) is 0 Å². The van der Waals surface area contributed by atoms with Crippen molar-refractivity contribution >= 4 is 0 Å². The van der Waals surface area contributed by atoms with E-state index < -0.39 is 0 Å². The van der Waals surface area contributed by atoms with Crippen LogP contribution >= 0.6 is 0 Å². The largest absolute Gasteiger partial charge is 0.497 e. The van der Waals surface area contributed by atoms with Crippen molar-refractivity contribution in [3.63, 3.8) is 0 Å². The summed E-state index contributed by atoms with van der Waals surface area (Å²) in [6.45, 7) is 0. The number of benzene rings is 1. The van der Waals surface area contributed by atoms with E-state index in [0.29, 0.717) is 11.7 Å². The van der Waals surface area contributed by atoms with Gasteiger partial charge in [-0.1, -0.05) is 5.16 Å². The minimum Gasteiger partial charge on any atom is -0.497 e. The van der Waals surface area contributed by atoms with Gasteiger partial charge in [0, 0.05) is 11.8 Å². The van der Waals surface area contributed by atoms with Gasteiger partial charge in [0.2, 0.25) is 5.82 Å². The number of H-pyrrole nitrogens is 1. The third-order valence-corrected chi connectivity index (χ3v) is 2.60. The number of hydrogen-bond donors (Lipinski definition) is 1. The lowest BCUT2D eigenvalue weighted by Gasteiger charge is -1.98. The van der Waals surface area contributed by atoms with Gasteiger partial charge in [-0.3, -0.25) is 0 Å². The van der Waals surface area contributed by atoms with E-state index in [0.717, 1.165) is 17.0 Å². The van der Waals surface area contributed by atoms with Crippen molar-refractivity contribution in [3.05, 3.63) is 42.6 Å². The molecule has 3 aromatic rings. The van der Waals surface area contributed by atoms with Crippen LogP contribution in [0.1, 0.15) is 0 Å². The molecule has 2 aromatic heterocycles. The molecule has 0 aliphatic rings. The van der Waals surface area contributed by atoms with Crippen LogP contribution in [0.3, 0.4) is 0 Å². The Morgan fingerprint density at radius 3 is 2.67 bits per heavy atom. The van der Waals surface area contributed by atoms with Crippen LogP contribution in [0.2, 0.25) is 0 Å². The molecule has 5 heteroatoms. The second-order valence-electron chi connectivity index (χ2n) is 3.74. The first kappa shape index (κ1) is 10.6. The zero-order valence-electron chi connectivity index (χ0n) is 9.75. The Balaban J connectivity index is 1.92. The van der Waals surface area contributed by atoms with Crippen LogP contribution in [0.5, 0.6) is 5.75 Å². The second-order valence-corrected chi connectivity index (χ2v) is 3.74. The van der Waals surface area contributed by atoms with Gasteiger partial charge in [-0.2, -0.15) is 4.98 Å². The molecule has 1 aromatic carbocycles. The minimum atomic E-state index is 0.478. The van der Waals surface area contributed by atoms with E-state index in [1.54, 1.807) is 7.11 Å². The third kappa shape index (κ3) is 1.86. The number of aromatic nitrogens is 3. The van der Waals surface area contributed by atoms with Crippen LogP contribution in [0, 0.1) is 0 Å². The molecule has 90 valence electrons. The SMILES string of the molecule is COc1ccc(-c2noc(-c3ccc[nH]3)n2)cc1. The van der Waals surface area contributed by atoms with Gasteiger partial charge in [0.25, 0.3) is 5.89 Å². The Bertz CT molecular complexity index is 627. The maximum absolute atomic E-state index is 5.20. The van der Waals surface area contributed by atoms with E-state index in [4.69, 9.17) is 9.26 Å². The number of nitrogens with one attached hydrogen (secondary N) is 1. The Morgan fingerprint density at radius 1 is 1.17 bits per heavy atom. The summed E-state index contributed by atoms with van der Waals surface area (Å²) in [5.74, 6) is 1.83. The maximum Gasteiger partial charge on any atom is 0.274 e. The van der Waals surface area contributed by atoms with Crippen LogP contribution in [0.25, 0.3) is 23.0 Å². The first-order chi connectivity index (χ1) is 8.86. The Labute approximate surface area is 103 Å². The number of nitrogens with zero attached hydrogens (tertiary/aromatic N) is 2. The Kier molecular flexibility index (Phi) is 2.57. The van der Waals surface area contributed by atoms with Crippen molar-refractivity contribution in [1.82, 2.24) is 15.1 Å². The van der Waals surface area contributed by atoms with E-state index >= 15 is 0 Å². The highest BCUT2D eigenvalue weighted by molar-refractivity contribution is 5.58. The van der Waals surface area contributed by atoms with E-state index in [9.17, 15) is 0 Å². The van der Waals surface area contributed by atoms with E-state index in [1.807, 2.05) is 42.6 Å². The van der Waals surface area contributed by atoms with E-state index in [-0.39, 0.29) is 0 Å². The fourth-order valence-electron chi connectivity index (χ4n) is 1.65. The van der Waals surface area contributed by atoms with Crippen molar-refractivity contribution in [1.29, 1.82) is 0 Å². The number of ether oxygens (including phenoxy) is 1. The molecule has 0 saturated heterocycles. The van der Waals surface area contributed by atoms with Crippen molar-refractivity contribution in [3.8, 4) is 28.7 Å². The molecule has 0 spiro atoms. The van der Waals surface area contributed by atoms with Crippen molar-refractivity contribution in [2.75, 3.05) is 7.11 Å². The first-order valence-electron chi connectivity index (χ1n) is 5.49. The van der Waals surface area contributed by atoms with Crippen LogP contribution in [-0.2, 0) is 0 Å². The van der Waals surface area contributed by atoms with Crippen LogP contribution in [0.15, 0.2) is 47.1 Å². The van der Waals surface area contributed by atoms with Gasteiger partial charge in [-0.15, -0.1) is 0 Å². The first-order valence-corrected chi connectivity index (χ1v) is 5.49. The molecule has 1 N–H and O–H groups in total. The molecule has 18 heavy (non-hydrogen) atoms. The highest BCUT2D eigenvalue weighted by Crippen LogP contribution is 2.22. The lowest BCUT2D eigenvalue weighted by Crippen LogP contribution is -1.84. The smallest absolute Gasteiger partial charge is 0.274 e. The zero-order valence-corrected chi connectivity index (χ0v) is 9.75. The Morgan fingerprint density at radius 2 is 2.00 bits per heavy atom. The number of aromatic amines is 1.